The number of hydrogen-bond donors (Lipinski definition) is 2. The van der Waals surface area contributed by atoms with Crippen LogP contribution < -0.4 is 10.6 Å². The molecule has 2 N–H and O–H groups in total. The molecule has 134 valence electrons. The quantitative estimate of drug-likeness (QED) is 0.611. The molecule has 1 unspecified atom stereocenters. The Balaban J connectivity index is 1.70. The molecular weight excluding hydrogens is 335 g/mol. The molecule has 1 saturated heterocycles. The molecule has 1 aliphatic heterocycles. The highest BCUT2D eigenvalue weighted by atomic mass is 32.1. The Morgan fingerprint density at radius 1 is 1.38 bits per heavy atom. The summed E-state index contributed by atoms with van der Waals surface area (Å²) in [7, 11) is 0. The van der Waals surface area contributed by atoms with E-state index in [0.717, 1.165) is 44.1 Å². The second-order valence-electron chi connectivity index (χ2n) is 6.36. The number of nitrogens with zero attached hydrogens (tertiary/aromatic N) is 1. The van der Waals surface area contributed by atoms with Crippen LogP contribution in [0.5, 0.6) is 0 Å². The van der Waals surface area contributed by atoms with E-state index in [-0.39, 0.29) is 0 Å². The van der Waals surface area contributed by atoms with Gasteiger partial charge in [-0.25, -0.2) is 0 Å². The van der Waals surface area contributed by atoms with Crippen LogP contribution in [0.25, 0.3) is 0 Å². The number of likely N-dealkylation sites (tertiary alicyclic amines) is 1. The summed E-state index contributed by atoms with van der Waals surface area (Å²) < 4.78 is 38.0. The summed E-state index contributed by atoms with van der Waals surface area (Å²) >= 11 is 5.14. The minimum absolute atomic E-state index is 0.340. The van der Waals surface area contributed by atoms with Crippen LogP contribution in [0.1, 0.15) is 31.7 Å². The molecule has 0 amide bonds. The summed E-state index contributed by atoms with van der Waals surface area (Å²) in [5, 5.41) is 6.21. The number of piperidine rings is 1. The van der Waals surface area contributed by atoms with E-state index in [1.165, 1.54) is 18.9 Å². The summed E-state index contributed by atoms with van der Waals surface area (Å²) in [5.74, 6) is 0.760. The number of anilines is 1. The fourth-order valence-electron chi connectivity index (χ4n) is 2.94. The maximum atomic E-state index is 12.7. The molecule has 0 aliphatic carbocycles. The number of thiocarbonyl (C=S) groups is 1. The topological polar surface area (TPSA) is 27.3 Å². The van der Waals surface area contributed by atoms with Crippen molar-refractivity contribution in [2.24, 2.45) is 5.92 Å². The Hall–Kier alpha value is -1.34. The molecule has 2 rings (SSSR count). The van der Waals surface area contributed by atoms with Crippen molar-refractivity contribution in [3.8, 4) is 0 Å². The second kappa shape index (κ2) is 8.67. The normalized spacial score (nSPS) is 19.1. The van der Waals surface area contributed by atoms with Gasteiger partial charge in [-0.1, -0.05) is 13.0 Å². The molecule has 1 atom stereocenters. The Morgan fingerprint density at radius 3 is 2.88 bits per heavy atom. The molecule has 0 bridgehead atoms. The first kappa shape index (κ1) is 19.0. The highest BCUT2D eigenvalue weighted by molar-refractivity contribution is 7.80. The van der Waals surface area contributed by atoms with Gasteiger partial charge in [0.05, 0.1) is 5.56 Å². The van der Waals surface area contributed by atoms with Crippen molar-refractivity contribution in [3.05, 3.63) is 29.8 Å². The smallest absolute Gasteiger partial charge is 0.362 e. The minimum atomic E-state index is -4.35. The Kier molecular flexibility index (Phi) is 6.86. The molecule has 1 aromatic carbocycles. The maximum Gasteiger partial charge on any atom is 0.416 e. The lowest BCUT2D eigenvalue weighted by molar-refractivity contribution is -0.137. The van der Waals surface area contributed by atoms with Crippen molar-refractivity contribution in [2.45, 2.75) is 32.4 Å². The first-order chi connectivity index (χ1) is 11.3. The third kappa shape index (κ3) is 6.28. The van der Waals surface area contributed by atoms with Crippen LogP contribution in [-0.2, 0) is 6.18 Å². The average Bonchev–Trinajstić information content (AvgIpc) is 2.51. The largest absolute Gasteiger partial charge is 0.416 e. The number of halogens is 3. The standard InChI is InChI=1S/C17H24F3N3S/c1-13-5-3-9-23(12-13)10-4-8-21-16(24)22-15-7-2-6-14(11-15)17(18,19)20/h2,6-7,11,13H,3-5,8-10,12H2,1H3,(H2,21,22,24). The van der Waals surface area contributed by atoms with Crippen LogP contribution in [0.3, 0.4) is 0 Å². The lowest BCUT2D eigenvalue weighted by Gasteiger charge is -2.30. The van der Waals surface area contributed by atoms with Gasteiger partial charge in [-0.3, -0.25) is 0 Å². The van der Waals surface area contributed by atoms with Crippen LogP contribution in [-0.4, -0.2) is 36.2 Å². The van der Waals surface area contributed by atoms with Gasteiger partial charge in [-0.05, 0) is 68.7 Å². The molecule has 1 aromatic rings. The van der Waals surface area contributed by atoms with E-state index in [0.29, 0.717) is 17.3 Å². The van der Waals surface area contributed by atoms with E-state index in [9.17, 15) is 13.2 Å². The second-order valence-corrected chi connectivity index (χ2v) is 6.77. The predicted molar refractivity (Wildman–Crippen MR) is 95.1 cm³/mol. The van der Waals surface area contributed by atoms with Crippen LogP contribution in [0.4, 0.5) is 18.9 Å². The zero-order chi connectivity index (χ0) is 17.6. The van der Waals surface area contributed by atoms with Gasteiger partial charge in [0, 0.05) is 18.8 Å². The number of hydrogen-bond acceptors (Lipinski definition) is 2. The van der Waals surface area contributed by atoms with E-state index in [1.54, 1.807) is 6.07 Å². The highest BCUT2D eigenvalue weighted by Crippen LogP contribution is 2.30. The van der Waals surface area contributed by atoms with Gasteiger partial charge in [0.2, 0.25) is 0 Å². The molecule has 0 radical (unpaired) electrons. The van der Waals surface area contributed by atoms with Gasteiger partial charge in [0.25, 0.3) is 0 Å². The number of benzene rings is 1. The van der Waals surface area contributed by atoms with Crippen molar-refractivity contribution < 1.29 is 13.2 Å². The highest BCUT2D eigenvalue weighted by Gasteiger charge is 2.30. The van der Waals surface area contributed by atoms with Gasteiger partial charge in [-0.15, -0.1) is 0 Å². The molecule has 24 heavy (non-hydrogen) atoms. The fourth-order valence-corrected chi connectivity index (χ4v) is 3.16. The summed E-state index contributed by atoms with van der Waals surface area (Å²) in [6.07, 6.45) is -0.834. The number of nitrogens with one attached hydrogen (secondary N) is 2. The zero-order valence-electron chi connectivity index (χ0n) is 13.8. The SMILES string of the molecule is CC1CCCN(CCCNC(=S)Nc2cccc(C(F)(F)F)c2)C1. The van der Waals surface area contributed by atoms with Crippen LogP contribution in [0, 0.1) is 5.92 Å². The van der Waals surface area contributed by atoms with E-state index in [4.69, 9.17) is 12.2 Å². The molecular formula is C17H24F3N3S. The molecule has 7 heteroatoms. The van der Waals surface area contributed by atoms with E-state index >= 15 is 0 Å². The molecule has 3 nitrogen and oxygen atoms in total. The lowest BCUT2D eigenvalue weighted by atomic mass is 10.0. The first-order valence-electron chi connectivity index (χ1n) is 8.29. The van der Waals surface area contributed by atoms with Crippen LogP contribution in [0.15, 0.2) is 24.3 Å². The van der Waals surface area contributed by atoms with Crippen molar-refractivity contribution in [2.75, 3.05) is 31.5 Å². The third-order valence-electron chi connectivity index (χ3n) is 4.13. The summed E-state index contributed by atoms with van der Waals surface area (Å²) in [6.45, 7) is 6.29. The Morgan fingerprint density at radius 2 is 2.17 bits per heavy atom. The van der Waals surface area contributed by atoms with Crippen molar-refractivity contribution >= 4 is 23.0 Å². The van der Waals surface area contributed by atoms with Crippen LogP contribution in [0.2, 0.25) is 0 Å². The molecule has 0 saturated carbocycles. The van der Waals surface area contributed by atoms with Gasteiger partial charge < -0.3 is 15.5 Å². The lowest BCUT2D eigenvalue weighted by Crippen LogP contribution is -2.37. The number of rotatable bonds is 5. The van der Waals surface area contributed by atoms with E-state index < -0.39 is 11.7 Å². The van der Waals surface area contributed by atoms with E-state index in [2.05, 4.69) is 22.5 Å². The molecule has 1 heterocycles. The molecule has 0 spiro atoms. The molecule has 1 fully saturated rings. The van der Waals surface area contributed by atoms with Gasteiger partial charge in [0.15, 0.2) is 5.11 Å². The summed E-state index contributed by atoms with van der Waals surface area (Å²) in [4.78, 5) is 2.46. The number of alkyl halides is 3. The monoisotopic (exact) mass is 359 g/mol. The molecule has 1 aliphatic rings. The average molecular weight is 359 g/mol. The third-order valence-corrected chi connectivity index (χ3v) is 4.37. The minimum Gasteiger partial charge on any atom is -0.362 e. The van der Waals surface area contributed by atoms with Crippen molar-refractivity contribution in [3.63, 3.8) is 0 Å². The van der Waals surface area contributed by atoms with Crippen LogP contribution >= 0.6 is 12.2 Å². The Bertz CT molecular complexity index is 548. The van der Waals surface area contributed by atoms with Gasteiger partial charge >= 0.3 is 6.18 Å². The fraction of sp³-hybridized carbons (Fsp3) is 0.588. The van der Waals surface area contributed by atoms with Gasteiger partial charge in [0.1, 0.15) is 0 Å². The maximum absolute atomic E-state index is 12.7. The predicted octanol–water partition coefficient (Wildman–Crippen LogP) is 4.11. The first-order valence-corrected chi connectivity index (χ1v) is 8.70. The van der Waals surface area contributed by atoms with Crippen molar-refractivity contribution in [1.82, 2.24) is 10.2 Å². The van der Waals surface area contributed by atoms with Gasteiger partial charge in [-0.2, -0.15) is 13.2 Å². The van der Waals surface area contributed by atoms with Crippen molar-refractivity contribution in [1.29, 1.82) is 0 Å². The molecule has 0 aromatic heterocycles. The van der Waals surface area contributed by atoms with E-state index in [1.807, 2.05) is 0 Å². The summed E-state index contributed by atoms with van der Waals surface area (Å²) in [6, 6.07) is 5.04. The Labute approximate surface area is 146 Å². The zero-order valence-corrected chi connectivity index (χ0v) is 14.6. The summed E-state index contributed by atoms with van der Waals surface area (Å²) in [5.41, 5.74) is -0.346.